The maximum Gasteiger partial charge on any atom is 0.335 e. The highest BCUT2D eigenvalue weighted by atomic mass is 32.2. The molecule has 3 rings (SSSR count). The Morgan fingerprint density at radius 1 is 1.24 bits per heavy atom. The Morgan fingerprint density at radius 3 is 2.52 bits per heavy atom. The largest absolute Gasteiger partial charge is 0.478 e. The zero-order valence-corrected chi connectivity index (χ0v) is 12.5. The third-order valence-corrected chi connectivity index (χ3v) is 5.93. The highest BCUT2D eigenvalue weighted by Gasteiger charge is 2.41. The maximum atomic E-state index is 12.2. The van der Waals surface area contributed by atoms with Crippen molar-refractivity contribution in [3.63, 3.8) is 0 Å². The quantitative estimate of drug-likeness (QED) is 0.884. The summed E-state index contributed by atoms with van der Waals surface area (Å²) in [6, 6.07) is 9.09. The van der Waals surface area contributed by atoms with Gasteiger partial charge in [0, 0.05) is 16.8 Å². The van der Waals surface area contributed by atoms with Gasteiger partial charge in [0.05, 0.1) is 10.5 Å². The molecule has 21 heavy (non-hydrogen) atoms. The van der Waals surface area contributed by atoms with Gasteiger partial charge in [-0.15, -0.1) is 11.3 Å². The summed E-state index contributed by atoms with van der Waals surface area (Å²) in [6.07, 6.45) is 0.799. The van der Waals surface area contributed by atoms with Crippen LogP contribution in [0.4, 0.5) is 0 Å². The van der Waals surface area contributed by atoms with E-state index in [0.29, 0.717) is 0 Å². The minimum absolute atomic E-state index is 0.0665. The van der Waals surface area contributed by atoms with E-state index < -0.39 is 16.0 Å². The Kier molecular flexibility index (Phi) is 3.56. The fourth-order valence-electron chi connectivity index (χ4n) is 2.19. The van der Waals surface area contributed by atoms with Crippen LogP contribution < -0.4 is 4.72 Å². The molecule has 1 aliphatic rings. The zero-order chi connectivity index (χ0) is 15.0. The first-order valence-electron chi connectivity index (χ1n) is 6.36. The molecular formula is C14H13NO4S2. The number of hydrogen-bond donors (Lipinski definition) is 2. The lowest BCUT2D eigenvalue weighted by Crippen LogP contribution is -2.26. The number of benzene rings is 1. The molecule has 0 saturated heterocycles. The van der Waals surface area contributed by atoms with Gasteiger partial charge in [-0.3, -0.25) is 0 Å². The first-order chi connectivity index (χ1) is 9.97. The third kappa shape index (κ3) is 2.99. The van der Waals surface area contributed by atoms with E-state index >= 15 is 0 Å². The van der Waals surface area contributed by atoms with Crippen LogP contribution in [0.2, 0.25) is 0 Å². The first-order valence-corrected chi connectivity index (χ1v) is 8.73. The molecule has 5 nitrogen and oxygen atoms in total. The topological polar surface area (TPSA) is 83.5 Å². The van der Waals surface area contributed by atoms with Gasteiger partial charge in [-0.2, -0.15) is 0 Å². The second-order valence-corrected chi connectivity index (χ2v) is 7.61. The number of hydrogen-bond acceptors (Lipinski definition) is 4. The maximum absolute atomic E-state index is 12.2. The van der Waals surface area contributed by atoms with Crippen molar-refractivity contribution >= 4 is 27.3 Å². The van der Waals surface area contributed by atoms with Gasteiger partial charge in [-0.25, -0.2) is 17.9 Å². The van der Waals surface area contributed by atoms with Crippen LogP contribution in [0.5, 0.6) is 0 Å². The van der Waals surface area contributed by atoms with Gasteiger partial charge in [-0.1, -0.05) is 6.07 Å². The molecule has 0 aliphatic heterocycles. The molecule has 0 radical (unpaired) electrons. The number of sulfonamides is 1. The fraction of sp³-hybridized carbons (Fsp3) is 0.214. The van der Waals surface area contributed by atoms with Gasteiger partial charge in [0.2, 0.25) is 10.0 Å². The third-order valence-electron chi connectivity index (χ3n) is 3.42. The second kappa shape index (κ2) is 5.25. The Balaban J connectivity index is 1.71. The van der Waals surface area contributed by atoms with Crippen LogP contribution in [0.25, 0.3) is 0 Å². The molecule has 1 aliphatic carbocycles. The molecule has 0 spiro atoms. The highest BCUT2D eigenvalue weighted by Crippen LogP contribution is 2.43. The minimum Gasteiger partial charge on any atom is -0.478 e. The smallest absolute Gasteiger partial charge is 0.335 e. The van der Waals surface area contributed by atoms with Gasteiger partial charge in [-0.05, 0) is 42.1 Å². The molecule has 1 fully saturated rings. The number of aromatic carboxylic acids is 1. The van der Waals surface area contributed by atoms with Crippen LogP contribution in [-0.2, 0) is 10.0 Å². The molecule has 2 aromatic rings. The van der Waals surface area contributed by atoms with Crippen molar-refractivity contribution in [1.29, 1.82) is 0 Å². The van der Waals surface area contributed by atoms with Crippen molar-refractivity contribution in [1.82, 2.24) is 4.72 Å². The molecule has 110 valence electrons. The predicted molar refractivity (Wildman–Crippen MR) is 79.2 cm³/mol. The summed E-state index contributed by atoms with van der Waals surface area (Å²) in [7, 11) is -3.60. The number of thiophene rings is 1. The van der Waals surface area contributed by atoms with Crippen molar-refractivity contribution in [2.24, 2.45) is 0 Å². The Labute approximate surface area is 126 Å². The molecule has 1 heterocycles. The highest BCUT2D eigenvalue weighted by molar-refractivity contribution is 7.89. The van der Waals surface area contributed by atoms with Gasteiger partial charge in [0.25, 0.3) is 0 Å². The molecule has 1 saturated carbocycles. The van der Waals surface area contributed by atoms with Crippen molar-refractivity contribution in [3.05, 3.63) is 52.2 Å². The summed E-state index contributed by atoms with van der Waals surface area (Å²) in [5.41, 5.74) is 0.0665. The predicted octanol–water partition coefficient (Wildman–Crippen LogP) is 2.28. The van der Waals surface area contributed by atoms with E-state index in [-0.39, 0.29) is 22.4 Å². The lowest BCUT2D eigenvalue weighted by atomic mass is 10.2. The first kappa shape index (κ1) is 14.2. The Bertz CT molecular complexity index is 751. The normalized spacial score (nSPS) is 21.1. The lowest BCUT2D eigenvalue weighted by molar-refractivity contribution is 0.0696. The van der Waals surface area contributed by atoms with Crippen LogP contribution in [0.1, 0.15) is 27.6 Å². The average Bonchev–Trinajstić information content (AvgIpc) is 2.99. The molecule has 2 N–H and O–H groups in total. The van der Waals surface area contributed by atoms with Crippen LogP contribution in [-0.4, -0.2) is 25.5 Å². The lowest BCUT2D eigenvalue weighted by Gasteiger charge is -2.06. The summed E-state index contributed by atoms with van der Waals surface area (Å²) in [6.45, 7) is 0. The van der Waals surface area contributed by atoms with Crippen molar-refractivity contribution in [3.8, 4) is 0 Å². The standard InChI is InChI=1S/C14H13NO4S2/c16-14(17)9-3-5-10(6-4-9)21(18,19)15-12-8-11(12)13-2-1-7-20-13/h1-7,11-12,15H,8H2,(H,16,17). The molecule has 1 aromatic heterocycles. The van der Waals surface area contributed by atoms with E-state index in [2.05, 4.69) is 4.72 Å². The number of carbonyl (C=O) groups is 1. The van der Waals surface area contributed by atoms with E-state index in [1.807, 2.05) is 17.5 Å². The van der Waals surface area contributed by atoms with Crippen LogP contribution in [0.15, 0.2) is 46.7 Å². The van der Waals surface area contributed by atoms with Crippen LogP contribution in [0.3, 0.4) is 0 Å². The number of carboxylic acids is 1. The van der Waals surface area contributed by atoms with E-state index in [9.17, 15) is 13.2 Å². The van der Waals surface area contributed by atoms with E-state index in [4.69, 9.17) is 5.11 Å². The number of rotatable bonds is 5. The molecule has 7 heteroatoms. The zero-order valence-electron chi connectivity index (χ0n) is 10.9. The minimum atomic E-state index is -3.60. The molecule has 1 aromatic carbocycles. The summed E-state index contributed by atoms with van der Waals surface area (Å²) in [4.78, 5) is 12.0. The van der Waals surface area contributed by atoms with Crippen LogP contribution >= 0.6 is 11.3 Å². The second-order valence-electron chi connectivity index (χ2n) is 4.91. The fourth-order valence-corrected chi connectivity index (χ4v) is 4.38. The van der Waals surface area contributed by atoms with E-state index in [1.54, 1.807) is 11.3 Å². The van der Waals surface area contributed by atoms with Gasteiger partial charge < -0.3 is 5.11 Å². The number of nitrogens with one attached hydrogen (secondary N) is 1. The summed E-state index contributed by atoms with van der Waals surface area (Å²) < 4.78 is 27.1. The Hall–Kier alpha value is -1.70. The Morgan fingerprint density at radius 2 is 1.95 bits per heavy atom. The summed E-state index contributed by atoms with van der Waals surface area (Å²) >= 11 is 1.62. The summed E-state index contributed by atoms with van der Waals surface area (Å²) in [5, 5.41) is 10.8. The van der Waals surface area contributed by atoms with Crippen LogP contribution in [0, 0.1) is 0 Å². The molecule has 0 bridgehead atoms. The SMILES string of the molecule is O=C(O)c1ccc(S(=O)(=O)NC2CC2c2cccs2)cc1. The van der Waals surface area contributed by atoms with Crippen molar-refractivity contribution in [2.75, 3.05) is 0 Å². The number of carboxylic acid groups (broad SMARTS) is 1. The average molecular weight is 323 g/mol. The van der Waals surface area contributed by atoms with Crippen molar-refractivity contribution < 1.29 is 18.3 Å². The van der Waals surface area contributed by atoms with Gasteiger partial charge >= 0.3 is 5.97 Å². The molecule has 2 unspecified atom stereocenters. The van der Waals surface area contributed by atoms with E-state index in [1.165, 1.54) is 29.1 Å². The monoisotopic (exact) mass is 323 g/mol. The molecular weight excluding hydrogens is 310 g/mol. The summed E-state index contributed by atoms with van der Waals surface area (Å²) in [5.74, 6) is -0.829. The van der Waals surface area contributed by atoms with Gasteiger partial charge in [0.15, 0.2) is 0 Å². The van der Waals surface area contributed by atoms with Gasteiger partial charge in [0.1, 0.15) is 0 Å². The van der Waals surface area contributed by atoms with E-state index in [0.717, 1.165) is 6.42 Å². The molecule has 2 atom stereocenters. The molecule has 0 amide bonds. The van der Waals surface area contributed by atoms with Crippen molar-refractivity contribution in [2.45, 2.75) is 23.3 Å².